The number of halogens is 5. The topological polar surface area (TPSA) is 74.3 Å². The summed E-state index contributed by atoms with van der Waals surface area (Å²) >= 11 is 5.56. The van der Waals surface area contributed by atoms with Gasteiger partial charge in [-0.1, -0.05) is 0 Å². The molecule has 0 bridgehead atoms. The minimum Gasteiger partial charge on any atom is -0.481 e. The number of amides is 1. The van der Waals surface area contributed by atoms with Crippen molar-refractivity contribution in [3.8, 4) is 5.75 Å². The summed E-state index contributed by atoms with van der Waals surface area (Å²) in [6.07, 6.45) is -2.10. The first-order valence-corrected chi connectivity index (χ1v) is 16.1. The molecular formula is C28H37BrF3IN6O3. The molecule has 0 saturated carbocycles. The number of carbonyl (C=O) groups excluding carboxylic acids is 1. The van der Waals surface area contributed by atoms with E-state index in [1.54, 1.807) is 4.90 Å². The van der Waals surface area contributed by atoms with E-state index in [1.807, 2.05) is 26.8 Å². The molecule has 3 saturated heterocycles. The van der Waals surface area contributed by atoms with Crippen LogP contribution in [0, 0.1) is 8.99 Å². The maximum atomic E-state index is 13.2. The van der Waals surface area contributed by atoms with Crippen LogP contribution in [0.5, 0.6) is 5.75 Å². The average molecular weight is 769 g/mol. The Morgan fingerprint density at radius 2 is 1.74 bits per heavy atom. The van der Waals surface area contributed by atoms with E-state index in [0.29, 0.717) is 56.9 Å². The van der Waals surface area contributed by atoms with Gasteiger partial charge in [0.15, 0.2) is 12.4 Å². The van der Waals surface area contributed by atoms with E-state index in [1.165, 1.54) is 0 Å². The van der Waals surface area contributed by atoms with Gasteiger partial charge in [-0.25, -0.2) is 9.78 Å². The Labute approximate surface area is 266 Å². The predicted octanol–water partition coefficient (Wildman–Crippen LogP) is 5.92. The number of ether oxygens (including phenoxy) is 2. The monoisotopic (exact) mass is 768 g/mol. The number of carbonyl (C=O) groups is 1. The van der Waals surface area contributed by atoms with Crippen LogP contribution in [0.25, 0.3) is 10.9 Å². The number of rotatable bonds is 4. The van der Waals surface area contributed by atoms with E-state index in [4.69, 9.17) is 19.4 Å². The van der Waals surface area contributed by atoms with Gasteiger partial charge in [0.05, 0.1) is 4.47 Å². The Balaban J connectivity index is 1.45. The minimum atomic E-state index is -4.49. The molecule has 1 amide bonds. The highest BCUT2D eigenvalue weighted by Gasteiger charge is 2.48. The molecule has 5 rings (SSSR count). The summed E-state index contributed by atoms with van der Waals surface area (Å²) in [5.41, 5.74) is -0.135. The largest absolute Gasteiger partial charge is 0.481 e. The van der Waals surface area contributed by atoms with Crippen LogP contribution < -0.4 is 14.5 Å². The summed E-state index contributed by atoms with van der Waals surface area (Å²) in [4.78, 5) is 30.7. The van der Waals surface area contributed by atoms with Crippen molar-refractivity contribution >= 4 is 67.3 Å². The molecule has 0 radical (unpaired) electrons. The number of likely N-dealkylation sites (tertiary alicyclic amines) is 1. The van der Waals surface area contributed by atoms with Crippen molar-refractivity contribution in [2.75, 3.05) is 75.8 Å². The van der Waals surface area contributed by atoms with Crippen LogP contribution in [0.3, 0.4) is 0 Å². The normalized spacial score (nSPS) is 20.1. The van der Waals surface area contributed by atoms with Gasteiger partial charge >= 0.3 is 12.3 Å². The van der Waals surface area contributed by atoms with Crippen molar-refractivity contribution in [3.63, 3.8) is 0 Å². The quantitative estimate of drug-likeness (QED) is 0.356. The summed E-state index contributed by atoms with van der Waals surface area (Å²) in [6.45, 7) is 10.2. The van der Waals surface area contributed by atoms with Crippen LogP contribution in [-0.2, 0) is 4.74 Å². The number of fused-ring (bicyclic) bond motifs is 1. The van der Waals surface area contributed by atoms with Crippen molar-refractivity contribution < 1.29 is 27.4 Å². The van der Waals surface area contributed by atoms with E-state index < -0.39 is 18.4 Å². The van der Waals surface area contributed by atoms with Gasteiger partial charge in [-0.15, -0.1) is 0 Å². The van der Waals surface area contributed by atoms with Gasteiger partial charge in [-0.3, -0.25) is 0 Å². The molecule has 0 aliphatic carbocycles. The van der Waals surface area contributed by atoms with Crippen molar-refractivity contribution in [3.05, 3.63) is 14.1 Å². The zero-order chi connectivity index (χ0) is 30.4. The third-order valence-corrected chi connectivity index (χ3v) is 10.4. The first-order valence-electron chi connectivity index (χ1n) is 14.2. The van der Waals surface area contributed by atoms with E-state index in [2.05, 4.69) is 60.3 Å². The van der Waals surface area contributed by atoms with Crippen LogP contribution in [0.15, 0.2) is 10.5 Å². The fraction of sp³-hybridized carbons (Fsp3) is 0.679. The SMILES string of the molecule is CN1CCCN(c2nc(N3CCC4(CC3)CN(C(=O)OC(C)(C)C)C4)c3cc(I)c(Br)c(OCC(F)(F)F)c3n2)CC1. The standard InChI is InChI=1S/C28H37BrF3IN6O3/c1-26(2,3)42-25(40)39-15-27(16-39)6-10-37(11-7-27)23-18-14-19(33)20(29)22(41-17-28(30,31)32)21(18)34-24(35-23)38-9-5-8-36(4)12-13-38/h14H,5-13,15-17H2,1-4H3. The summed E-state index contributed by atoms with van der Waals surface area (Å²) < 4.78 is 51.8. The second kappa shape index (κ2) is 11.9. The van der Waals surface area contributed by atoms with E-state index in [0.717, 1.165) is 45.4 Å². The highest BCUT2D eigenvalue weighted by molar-refractivity contribution is 14.1. The highest BCUT2D eigenvalue weighted by atomic mass is 127. The lowest BCUT2D eigenvalue weighted by Crippen LogP contribution is -2.62. The molecule has 0 unspecified atom stereocenters. The number of aromatic nitrogens is 2. The maximum absolute atomic E-state index is 13.2. The van der Waals surface area contributed by atoms with Gasteiger partial charge < -0.3 is 29.1 Å². The van der Waals surface area contributed by atoms with E-state index in [9.17, 15) is 18.0 Å². The number of likely N-dealkylation sites (N-methyl/N-ethyl adjacent to an activating group) is 1. The van der Waals surface area contributed by atoms with Crippen molar-refractivity contribution in [1.29, 1.82) is 0 Å². The molecule has 2 aromatic rings. The number of benzene rings is 1. The minimum absolute atomic E-state index is 0.0346. The predicted molar refractivity (Wildman–Crippen MR) is 168 cm³/mol. The average Bonchev–Trinajstić information content (AvgIpc) is 3.10. The molecule has 1 aromatic heterocycles. The van der Waals surface area contributed by atoms with Crippen LogP contribution in [0.4, 0.5) is 29.7 Å². The van der Waals surface area contributed by atoms with Crippen LogP contribution in [0.1, 0.15) is 40.0 Å². The summed E-state index contributed by atoms with van der Waals surface area (Å²) in [5, 5.41) is 0.662. The summed E-state index contributed by atoms with van der Waals surface area (Å²) in [6, 6.07) is 1.91. The summed E-state index contributed by atoms with van der Waals surface area (Å²) in [7, 11) is 2.08. The highest BCUT2D eigenvalue weighted by Crippen LogP contribution is 2.45. The Bertz CT molecular complexity index is 1320. The van der Waals surface area contributed by atoms with Crippen molar-refractivity contribution in [2.45, 2.75) is 51.8 Å². The fourth-order valence-electron chi connectivity index (χ4n) is 5.80. The molecule has 0 atom stereocenters. The van der Waals surface area contributed by atoms with Crippen LogP contribution >= 0.6 is 38.5 Å². The molecule has 9 nitrogen and oxygen atoms in total. The van der Waals surface area contributed by atoms with Gasteiger partial charge in [0, 0.05) is 60.2 Å². The molecule has 3 fully saturated rings. The lowest BCUT2D eigenvalue weighted by Gasteiger charge is -2.53. The van der Waals surface area contributed by atoms with Crippen LogP contribution in [0.2, 0.25) is 0 Å². The Morgan fingerprint density at radius 1 is 1.05 bits per heavy atom. The molecule has 42 heavy (non-hydrogen) atoms. The Kier molecular flexibility index (Phi) is 8.99. The molecule has 1 spiro atoms. The molecule has 3 aliphatic heterocycles. The zero-order valence-electron chi connectivity index (χ0n) is 24.4. The maximum Gasteiger partial charge on any atom is 0.422 e. The number of alkyl halides is 3. The second-order valence-electron chi connectivity index (χ2n) is 12.6. The molecule has 3 aliphatic rings. The molecule has 0 N–H and O–H groups in total. The van der Waals surface area contributed by atoms with Crippen molar-refractivity contribution in [2.24, 2.45) is 5.41 Å². The van der Waals surface area contributed by atoms with Crippen molar-refractivity contribution in [1.82, 2.24) is 19.8 Å². The Morgan fingerprint density at radius 3 is 2.38 bits per heavy atom. The second-order valence-corrected chi connectivity index (χ2v) is 14.6. The van der Waals surface area contributed by atoms with Gasteiger partial charge in [0.1, 0.15) is 16.9 Å². The smallest absolute Gasteiger partial charge is 0.422 e. The lowest BCUT2D eigenvalue weighted by atomic mass is 9.72. The third-order valence-electron chi connectivity index (χ3n) is 8.02. The summed E-state index contributed by atoms with van der Waals surface area (Å²) in [5.74, 6) is 1.28. The number of anilines is 2. The van der Waals surface area contributed by atoms with Gasteiger partial charge in [-0.2, -0.15) is 18.2 Å². The lowest BCUT2D eigenvalue weighted by molar-refractivity contribution is -0.153. The molecule has 14 heteroatoms. The van der Waals surface area contributed by atoms with E-state index in [-0.39, 0.29) is 17.3 Å². The number of hydrogen-bond donors (Lipinski definition) is 0. The number of hydrogen-bond acceptors (Lipinski definition) is 8. The first-order chi connectivity index (χ1) is 19.6. The van der Waals surface area contributed by atoms with Gasteiger partial charge in [-0.05, 0) is 98.2 Å². The fourth-order valence-corrected chi connectivity index (χ4v) is 6.77. The van der Waals surface area contributed by atoms with Gasteiger partial charge in [0.2, 0.25) is 5.95 Å². The number of piperidine rings is 1. The van der Waals surface area contributed by atoms with Crippen LogP contribution in [-0.4, -0.2) is 104 Å². The number of nitrogens with zero attached hydrogens (tertiary/aromatic N) is 6. The first kappa shape index (κ1) is 31.6. The molecule has 4 heterocycles. The Hall–Kier alpha value is -1.81. The molecule has 232 valence electrons. The van der Waals surface area contributed by atoms with Gasteiger partial charge in [0.25, 0.3) is 0 Å². The molecular weight excluding hydrogens is 732 g/mol. The molecule has 1 aromatic carbocycles. The van der Waals surface area contributed by atoms with E-state index >= 15 is 0 Å². The zero-order valence-corrected chi connectivity index (χ0v) is 28.1. The third kappa shape index (κ3) is 7.11.